The van der Waals surface area contributed by atoms with Gasteiger partial charge in [0.15, 0.2) is 0 Å². The Morgan fingerprint density at radius 1 is 0.955 bits per heavy atom. The molecule has 1 amide bonds. The lowest BCUT2D eigenvalue weighted by molar-refractivity contribution is 0.1000. The molecule has 0 aliphatic rings. The van der Waals surface area contributed by atoms with Gasteiger partial charge in [-0.1, -0.05) is 54.9 Å². The number of amides is 1. The molecule has 0 spiro atoms. The average molecular weight is 356 g/mol. The molecule has 3 heteroatoms. The Hall–Kier alpha value is -1.87. The number of halogens is 1. The van der Waals surface area contributed by atoms with Gasteiger partial charge in [-0.25, -0.2) is 0 Å². The molecule has 0 saturated carbocycles. The van der Waals surface area contributed by atoms with Crippen LogP contribution in [0.2, 0.25) is 0 Å². The Morgan fingerprint density at radius 2 is 1.64 bits per heavy atom. The van der Waals surface area contributed by atoms with E-state index in [0.29, 0.717) is 5.56 Å². The molecule has 112 valence electrons. The predicted molar refractivity (Wildman–Crippen MR) is 96.4 cm³/mol. The van der Waals surface area contributed by atoms with Gasteiger partial charge in [0, 0.05) is 4.47 Å². The molecule has 0 atom stereocenters. The van der Waals surface area contributed by atoms with Gasteiger partial charge in [-0.2, -0.15) is 0 Å². The van der Waals surface area contributed by atoms with Crippen LogP contribution in [0.3, 0.4) is 0 Å². The monoisotopic (exact) mass is 355 g/mol. The van der Waals surface area contributed by atoms with Gasteiger partial charge in [0.05, 0.1) is 5.56 Å². The molecule has 22 heavy (non-hydrogen) atoms. The van der Waals surface area contributed by atoms with Gasteiger partial charge in [0.25, 0.3) is 0 Å². The SMILES string of the molecule is CC(C)(C)c1ccc2cc3cc(Br)ccc3cc2c1C(N)=O. The fourth-order valence-corrected chi connectivity index (χ4v) is 3.31. The number of hydrogen-bond acceptors (Lipinski definition) is 1. The topological polar surface area (TPSA) is 43.1 Å². The molecule has 0 fully saturated rings. The molecule has 0 heterocycles. The quantitative estimate of drug-likeness (QED) is 0.602. The maximum atomic E-state index is 12.1. The van der Waals surface area contributed by atoms with Crippen molar-refractivity contribution in [3.63, 3.8) is 0 Å². The highest BCUT2D eigenvalue weighted by atomic mass is 79.9. The molecular formula is C19H18BrNO. The standard InChI is InChI=1S/C19H18BrNO/c1-19(2,3)16-7-5-12-8-13-9-14(20)6-4-11(13)10-15(12)17(16)18(21)22/h4-10H,1-3H3,(H2,21,22). The minimum Gasteiger partial charge on any atom is -0.366 e. The smallest absolute Gasteiger partial charge is 0.249 e. The number of carbonyl (C=O) groups excluding carboxylic acids is 1. The van der Waals surface area contributed by atoms with Crippen molar-refractivity contribution in [3.8, 4) is 0 Å². The van der Waals surface area contributed by atoms with E-state index in [9.17, 15) is 4.79 Å². The summed E-state index contributed by atoms with van der Waals surface area (Å²) in [5.41, 5.74) is 7.19. The second-order valence-electron chi connectivity index (χ2n) is 6.67. The van der Waals surface area contributed by atoms with Crippen LogP contribution in [-0.4, -0.2) is 5.91 Å². The number of primary amides is 1. The number of carbonyl (C=O) groups is 1. The predicted octanol–water partition coefficient (Wildman–Crippen LogP) is 5.15. The highest BCUT2D eigenvalue weighted by molar-refractivity contribution is 9.10. The Kier molecular flexibility index (Phi) is 3.48. The zero-order valence-electron chi connectivity index (χ0n) is 12.9. The molecular weight excluding hydrogens is 338 g/mol. The molecule has 0 bridgehead atoms. The van der Waals surface area contributed by atoms with Gasteiger partial charge < -0.3 is 5.73 Å². The van der Waals surface area contributed by atoms with Crippen LogP contribution in [0.5, 0.6) is 0 Å². The molecule has 0 aliphatic carbocycles. The van der Waals surface area contributed by atoms with Crippen molar-refractivity contribution in [3.05, 3.63) is 58.1 Å². The second-order valence-corrected chi connectivity index (χ2v) is 7.58. The number of hydrogen-bond donors (Lipinski definition) is 1. The summed E-state index contributed by atoms with van der Waals surface area (Å²) in [6, 6.07) is 14.4. The zero-order chi connectivity index (χ0) is 16.1. The first-order chi connectivity index (χ1) is 10.3. The summed E-state index contributed by atoms with van der Waals surface area (Å²) < 4.78 is 1.04. The lowest BCUT2D eigenvalue weighted by atomic mass is 9.81. The van der Waals surface area contributed by atoms with Crippen LogP contribution in [0.15, 0.2) is 46.9 Å². The van der Waals surface area contributed by atoms with Gasteiger partial charge in [-0.3, -0.25) is 4.79 Å². The molecule has 3 aromatic carbocycles. The summed E-state index contributed by atoms with van der Waals surface area (Å²) >= 11 is 3.50. The van der Waals surface area contributed by atoms with Crippen molar-refractivity contribution in [1.82, 2.24) is 0 Å². The molecule has 0 radical (unpaired) electrons. The molecule has 3 aromatic rings. The number of benzene rings is 3. The molecule has 0 saturated heterocycles. The first-order valence-corrected chi connectivity index (χ1v) is 8.03. The highest BCUT2D eigenvalue weighted by Crippen LogP contribution is 2.33. The molecule has 3 rings (SSSR count). The third-order valence-electron chi connectivity index (χ3n) is 3.99. The molecule has 2 N–H and O–H groups in total. The minimum atomic E-state index is -0.369. The molecule has 0 aliphatic heterocycles. The third-order valence-corrected chi connectivity index (χ3v) is 4.49. The lowest BCUT2D eigenvalue weighted by Crippen LogP contribution is -2.21. The van der Waals surface area contributed by atoms with E-state index in [4.69, 9.17) is 5.73 Å². The van der Waals surface area contributed by atoms with Crippen molar-refractivity contribution in [2.24, 2.45) is 5.73 Å². The summed E-state index contributed by atoms with van der Waals surface area (Å²) in [6.45, 7) is 6.29. The van der Waals surface area contributed by atoms with E-state index < -0.39 is 0 Å². The summed E-state index contributed by atoms with van der Waals surface area (Å²) in [5.74, 6) is -0.369. The van der Waals surface area contributed by atoms with Crippen LogP contribution in [-0.2, 0) is 5.41 Å². The summed E-state index contributed by atoms with van der Waals surface area (Å²) in [4.78, 5) is 12.1. The lowest BCUT2D eigenvalue weighted by Gasteiger charge is -2.23. The van der Waals surface area contributed by atoms with Crippen LogP contribution >= 0.6 is 15.9 Å². The first kappa shape index (κ1) is 15.0. The van der Waals surface area contributed by atoms with Crippen LogP contribution in [0.4, 0.5) is 0 Å². The summed E-state index contributed by atoms with van der Waals surface area (Å²) in [6.07, 6.45) is 0. The van der Waals surface area contributed by atoms with Crippen LogP contribution < -0.4 is 5.73 Å². The highest BCUT2D eigenvalue weighted by Gasteiger charge is 2.22. The Balaban J connectivity index is 2.45. The molecule has 2 nitrogen and oxygen atoms in total. The van der Waals surface area contributed by atoms with Gasteiger partial charge in [-0.05, 0) is 56.8 Å². The molecule has 0 aromatic heterocycles. The van der Waals surface area contributed by atoms with Gasteiger partial charge in [0.1, 0.15) is 0 Å². The number of nitrogens with two attached hydrogens (primary N) is 1. The fraction of sp³-hybridized carbons (Fsp3) is 0.211. The van der Waals surface area contributed by atoms with E-state index in [1.54, 1.807) is 0 Å². The Bertz CT molecular complexity index is 907. The van der Waals surface area contributed by atoms with Crippen LogP contribution in [0.25, 0.3) is 21.5 Å². The van der Waals surface area contributed by atoms with E-state index in [1.165, 1.54) is 0 Å². The number of fused-ring (bicyclic) bond motifs is 2. The fourth-order valence-electron chi connectivity index (χ4n) is 2.93. The van der Waals surface area contributed by atoms with E-state index >= 15 is 0 Å². The van der Waals surface area contributed by atoms with Crippen molar-refractivity contribution in [2.45, 2.75) is 26.2 Å². The Labute approximate surface area is 138 Å². The van der Waals surface area contributed by atoms with Crippen molar-refractivity contribution in [1.29, 1.82) is 0 Å². The maximum absolute atomic E-state index is 12.1. The van der Waals surface area contributed by atoms with Crippen molar-refractivity contribution >= 4 is 43.4 Å². The summed E-state index contributed by atoms with van der Waals surface area (Å²) in [5, 5.41) is 4.20. The van der Waals surface area contributed by atoms with Crippen LogP contribution in [0.1, 0.15) is 36.7 Å². The van der Waals surface area contributed by atoms with Gasteiger partial charge >= 0.3 is 0 Å². The van der Waals surface area contributed by atoms with Crippen LogP contribution in [0, 0.1) is 0 Å². The van der Waals surface area contributed by atoms with E-state index in [2.05, 4.69) is 61.0 Å². The Morgan fingerprint density at radius 3 is 2.27 bits per heavy atom. The number of rotatable bonds is 1. The zero-order valence-corrected chi connectivity index (χ0v) is 14.5. The average Bonchev–Trinajstić information content (AvgIpc) is 2.42. The van der Waals surface area contributed by atoms with E-state index in [1.807, 2.05) is 18.2 Å². The van der Waals surface area contributed by atoms with Crippen molar-refractivity contribution in [2.75, 3.05) is 0 Å². The largest absolute Gasteiger partial charge is 0.366 e. The molecule has 0 unspecified atom stereocenters. The van der Waals surface area contributed by atoms with E-state index in [-0.39, 0.29) is 11.3 Å². The van der Waals surface area contributed by atoms with Gasteiger partial charge in [-0.15, -0.1) is 0 Å². The van der Waals surface area contributed by atoms with E-state index in [0.717, 1.165) is 31.6 Å². The maximum Gasteiger partial charge on any atom is 0.249 e. The second kappa shape index (κ2) is 5.10. The third kappa shape index (κ3) is 2.50. The van der Waals surface area contributed by atoms with Crippen molar-refractivity contribution < 1.29 is 4.79 Å². The normalized spacial score (nSPS) is 12.0. The minimum absolute atomic E-state index is 0.132. The van der Waals surface area contributed by atoms with Gasteiger partial charge in [0.2, 0.25) is 5.91 Å². The first-order valence-electron chi connectivity index (χ1n) is 7.24. The summed E-state index contributed by atoms with van der Waals surface area (Å²) in [7, 11) is 0.